The second-order valence-electron chi connectivity index (χ2n) is 7.61. The molecule has 0 radical (unpaired) electrons. The van der Waals surface area contributed by atoms with Crippen molar-refractivity contribution in [3.8, 4) is 11.3 Å². The Labute approximate surface area is 165 Å². The number of hydrogen-bond acceptors (Lipinski definition) is 4. The minimum atomic E-state index is -2.93. The predicted octanol–water partition coefficient (Wildman–Crippen LogP) is 6.12. The molecular weight excluding hydrogens is 390 g/mol. The number of aromatic nitrogens is 1. The number of ether oxygens (including phenoxy) is 1. The number of halogens is 4. The Morgan fingerprint density at radius 3 is 2.21 bits per heavy atom. The summed E-state index contributed by atoms with van der Waals surface area (Å²) in [5.74, 6) is 0.828. The number of carbonyl (C=O) groups is 1. The third-order valence-electron chi connectivity index (χ3n) is 5.56. The molecule has 0 spiro atoms. The minimum absolute atomic E-state index is 0.00462. The molecule has 2 aromatic rings. The lowest BCUT2D eigenvalue weighted by atomic mass is 9.94. The quantitative estimate of drug-likeness (QED) is 0.515. The van der Waals surface area contributed by atoms with E-state index in [2.05, 4.69) is 5.16 Å². The fourth-order valence-electron chi connectivity index (χ4n) is 3.83. The molecule has 29 heavy (non-hydrogen) atoms. The van der Waals surface area contributed by atoms with Crippen LogP contribution < -0.4 is 0 Å². The molecule has 0 unspecified atom stereocenters. The zero-order valence-electron chi connectivity index (χ0n) is 15.7. The van der Waals surface area contributed by atoms with E-state index in [0.29, 0.717) is 37.0 Å². The van der Waals surface area contributed by atoms with Crippen LogP contribution in [0, 0.1) is 0 Å². The Morgan fingerprint density at radius 2 is 1.66 bits per heavy atom. The van der Waals surface area contributed by atoms with E-state index in [1.54, 1.807) is 0 Å². The monoisotopic (exact) mass is 411 g/mol. The van der Waals surface area contributed by atoms with Crippen LogP contribution in [-0.4, -0.2) is 17.0 Å². The van der Waals surface area contributed by atoms with Gasteiger partial charge in [0.05, 0.1) is 12.7 Å². The fraction of sp³-hybridized carbons (Fsp3) is 0.524. The summed E-state index contributed by atoms with van der Waals surface area (Å²) in [6, 6.07) is 3.47. The summed E-state index contributed by atoms with van der Waals surface area (Å²) in [7, 11) is 0. The van der Waals surface area contributed by atoms with Crippen molar-refractivity contribution in [2.45, 2.75) is 70.0 Å². The molecule has 2 saturated carbocycles. The van der Waals surface area contributed by atoms with E-state index in [0.717, 1.165) is 25.0 Å². The number of benzene rings is 1. The lowest BCUT2D eigenvalue weighted by molar-refractivity contribution is -0.123. The van der Waals surface area contributed by atoms with Crippen LogP contribution in [0.1, 0.15) is 79.7 Å². The first-order valence-corrected chi connectivity index (χ1v) is 9.77. The molecule has 0 bridgehead atoms. The first-order chi connectivity index (χ1) is 14.0. The van der Waals surface area contributed by atoms with Crippen LogP contribution in [0.15, 0.2) is 22.7 Å². The van der Waals surface area contributed by atoms with Gasteiger partial charge < -0.3 is 9.26 Å². The van der Waals surface area contributed by atoms with Crippen molar-refractivity contribution >= 4 is 5.78 Å². The molecule has 0 N–H and O–H groups in total. The number of carbonyl (C=O) groups excluding carboxylic acids is 1. The maximum Gasteiger partial charge on any atom is 0.264 e. The van der Waals surface area contributed by atoms with Crippen molar-refractivity contribution in [2.75, 3.05) is 0 Å². The van der Waals surface area contributed by atoms with Crippen LogP contribution in [0.3, 0.4) is 0 Å². The maximum absolute atomic E-state index is 13.6. The Morgan fingerprint density at radius 1 is 1.03 bits per heavy atom. The molecule has 4 nitrogen and oxygen atoms in total. The van der Waals surface area contributed by atoms with Gasteiger partial charge >= 0.3 is 0 Å². The number of Topliss-reactive ketones (excluding diaryl/α,β-unsaturated/α-hetero) is 1. The highest BCUT2D eigenvalue weighted by atomic mass is 19.3. The third kappa shape index (κ3) is 4.22. The van der Waals surface area contributed by atoms with Crippen LogP contribution >= 0.6 is 0 Å². The minimum Gasteiger partial charge on any atom is -0.373 e. The summed E-state index contributed by atoms with van der Waals surface area (Å²) >= 11 is 0. The Kier molecular flexibility index (Phi) is 5.72. The molecule has 0 aliphatic heterocycles. The highest BCUT2D eigenvalue weighted by Crippen LogP contribution is 2.46. The van der Waals surface area contributed by atoms with Gasteiger partial charge in [-0.05, 0) is 25.7 Å². The standard InChI is InChI=1S/C21H21F4NO3/c22-20(23)14-2-1-3-15(21(24)25)17(14)18-16(19(29-26-18)11-4-5-11)10-28-13-8-6-12(27)7-9-13/h1-3,11,13,20-21H,4-10H2. The number of alkyl halides is 4. The largest absolute Gasteiger partial charge is 0.373 e. The van der Waals surface area contributed by atoms with E-state index >= 15 is 0 Å². The molecular formula is C21H21F4NO3. The highest BCUT2D eigenvalue weighted by Gasteiger charge is 2.35. The molecule has 0 saturated heterocycles. The average molecular weight is 411 g/mol. The maximum atomic E-state index is 13.6. The second kappa shape index (κ2) is 8.26. The van der Waals surface area contributed by atoms with Crippen LogP contribution in [0.25, 0.3) is 11.3 Å². The molecule has 0 amide bonds. The van der Waals surface area contributed by atoms with Crippen molar-refractivity contribution in [2.24, 2.45) is 0 Å². The van der Waals surface area contributed by atoms with Crippen LogP contribution in [0.4, 0.5) is 17.6 Å². The fourth-order valence-corrected chi connectivity index (χ4v) is 3.83. The molecule has 1 aromatic carbocycles. The summed E-state index contributed by atoms with van der Waals surface area (Å²) < 4.78 is 65.8. The Bertz CT molecular complexity index is 856. The number of nitrogens with zero attached hydrogens (tertiary/aromatic N) is 1. The molecule has 0 atom stereocenters. The lowest BCUT2D eigenvalue weighted by Crippen LogP contribution is -2.21. The number of hydrogen-bond donors (Lipinski definition) is 0. The van der Waals surface area contributed by atoms with Crippen molar-refractivity contribution in [1.29, 1.82) is 0 Å². The molecule has 2 aliphatic carbocycles. The van der Waals surface area contributed by atoms with Gasteiger partial charge in [0.25, 0.3) is 12.9 Å². The van der Waals surface area contributed by atoms with Crippen molar-refractivity contribution in [1.82, 2.24) is 5.16 Å². The molecule has 2 aliphatic rings. The first kappa shape index (κ1) is 20.1. The zero-order valence-corrected chi connectivity index (χ0v) is 15.7. The van der Waals surface area contributed by atoms with E-state index in [1.165, 1.54) is 6.07 Å². The topological polar surface area (TPSA) is 52.3 Å². The van der Waals surface area contributed by atoms with Crippen LogP contribution in [0.2, 0.25) is 0 Å². The normalized spacial score (nSPS) is 18.2. The van der Waals surface area contributed by atoms with Gasteiger partial charge in [-0.15, -0.1) is 0 Å². The van der Waals surface area contributed by atoms with Gasteiger partial charge in [0, 0.05) is 41.0 Å². The van der Waals surface area contributed by atoms with E-state index < -0.39 is 24.0 Å². The predicted molar refractivity (Wildman–Crippen MR) is 95.9 cm³/mol. The van der Waals surface area contributed by atoms with Crippen LogP contribution in [-0.2, 0) is 16.1 Å². The van der Waals surface area contributed by atoms with Gasteiger partial charge in [-0.3, -0.25) is 4.79 Å². The molecule has 1 aromatic heterocycles. The molecule has 1 heterocycles. The zero-order chi connectivity index (χ0) is 20.5. The SMILES string of the molecule is O=C1CCC(OCc2c(-c3c(C(F)F)cccc3C(F)F)noc2C2CC2)CC1. The summed E-state index contributed by atoms with van der Waals surface area (Å²) in [5.41, 5.74) is -0.805. The molecule has 2 fully saturated rings. The Balaban J connectivity index is 1.71. The molecule has 8 heteroatoms. The molecule has 4 rings (SSSR count). The van der Waals surface area contributed by atoms with Crippen molar-refractivity contribution < 1.29 is 31.6 Å². The smallest absolute Gasteiger partial charge is 0.264 e. The first-order valence-electron chi connectivity index (χ1n) is 9.77. The van der Waals surface area contributed by atoms with Gasteiger partial charge in [0.2, 0.25) is 0 Å². The highest BCUT2D eigenvalue weighted by molar-refractivity contribution is 5.79. The van der Waals surface area contributed by atoms with Crippen LogP contribution in [0.5, 0.6) is 0 Å². The van der Waals surface area contributed by atoms with Gasteiger partial charge in [0.15, 0.2) is 0 Å². The average Bonchev–Trinajstić information content (AvgIpc) is 3.46. The van der Waals surface area contributed by atoms with Gasteiger partial charge in [-0.2, -0.15) is 0 Å². The number of ketones is 1. The summed E-state index contributed by atoms with van der Waals surface area (Å²) in [6.07, 6.45) is -2.17. The van der Waals surface area contributed by atoms with E-state index in [9.17, 15) is 22.4 Å². The van der Waals surface area contributed by atoms with E-state index in [1.807, 2.05) is 0 Å². The second-order valence-corrected chi connectivity index (χ2v) is 7.61. The Hall–Kier alpha value is -2.22. The summed E-state index contributed by atoms with van der Waals surface area (Å²) in [6.45, 7) is 0.0315. The van der Waals surface area contributed by atoms with E-state index in [4.69, 9.17) is 9.26 Å². The lowest BCUT2D eigenvalue weighted by Gasteiger charge is -2.21. The van der Waals surface area contributed by atoms with E-state index in [-0.39, 0.29) is 35.7 Å². The molecule has 156 valence electrons. The van der Waals surface area contributed by atoms with Gasteiger partial charge in [-0.25, -0.2) is 17.6 Å². The van der Waals surface area contributed by atoms with Crippen molar-refractivity contribution in [3.63, 3.8) is 0 Å². The third-order valence-corrected chi connectivity index (χ3v) is 5.56. The summed E-state index contributed by atoms with van der Waals surface area (Å²) in [5, 5.41) is 3.93. The number of rotatable bonds is 7. The van der Waals surface area contributed by atoms with Gasteiger partial charge in [-0.1, -0.05) is 23.4 Å². The van der Waals surface area contributed by atoms with Crippen molar-refractivity contribution in [3.05, 3.63) is 40.6 Å². The summed E-state index contributed by atoms with van der Waals surface area (Å²) in [4.78, 5) is 11.4. The van der Waals surface area contributed by atoms with Gasteiger partial charge in [0.1, 0.15) is 17.2 Å².